The monoisotopic (exact) mass is 319 g/mol. The fourth-order valence-corrected chi connectivity index (χ4v) is 3.71. The summed E-state index contributed by atoms with van der Waals surface area (Å²) in [5.74, 6) is 0.488. The highest BCUT2D eigenvalue weighted by molar-refractivity contribution is 5.58. The second-order valence-electron chi connectivity index (χ2n) is 6.50. The summed E-state index contributed by atoms with van der Waals surface area (Å²) in [6, 6.07) is 16.6. The van der Waals surface area contributed by atoms with Crippen molar-refractivity contribution in [2.45, 2.75) is 31.3 Å². The van der Waals surface area contributed by atoms with Gasteiger partial charge in [0.2, 0.25) is 0 Å². The molecule has 1 aromatic carbocycles. The van der Waals surface area contributed by atoms with Gasteiger partial charge in [-0.3, -0.25) is 4.90 Å². The van der Waals surface area contributed by atoms with Gasteiger partial charge < -0.3 is 9.20 Å². The van der Waals surface area contributed by atoms with E-state index in [2.05, 4.69) is 44.6 Å². The van der Waals surface area contributed by atoms with E-state index >= 15 is 0 Å². The van der Waals surface area contributed by atoms with Crippen molar-refractivity contribution in [2.75, 3.05) is 6.54 Å². The molecule has 24 heavy (non-hydrogen) atoms. The van der Waals surface area contributed by atoms with Crippen molar-refractivity contribution in [2.24, 2.45) is 0 Å². The van der Waals surface area contributed by atoms with E-state index in [1.165, 1.54) is 5.56 Å². The first-order valence-electron chi connectivity index (χ1n) is 8.50. The molecule has 1 saturated heterocycles. The van der Waals surface area contributed by atoms with Crippen molar-refractivity contribution in [1.29, 1.82) is 0 Å². The van der Waals surface area contributed by atoms with E-state index in [9.17, 15) is 4.79 Å². The molecule has 1 fully saturated rings. The van der Waals surface area contributed by atoms with Crippen LogP contribution < -0.4 is 0 Å². The first-order chi connectivity index (χ1) is 11.8. The van der Waals surface area contributed by atoms with E-state index < -0.39 is 0 Å². The van der Waals surface area contributed by atoms with Gasteiger partial charge in [0, 0.05) is 19.3 Å². The predicted molar refractivity (Wildman–Crippen MR) is 93.9 cm³/mol. The Bertz CT molecular complexity index is 827. The maximum atomic E-state index is 11.5. The fourth-order valence-electron chi connectivity index (χ4n) is 3.71. The number of pyridine rings is 1. The zero-order valence-electron chi connectivity index (χ0n) is 13.6. The van der Waals surface area contributed by atoms with Crippen LogP contribution in [0.15, 0.2) is 60.9 Å². The lowest BCUT2D eigenvalue weighted by molar-refractivity contribution is -0.113. The summed E-state index contributed by atoms with van der Waals surface area (Å²) in [6.45, 7) is 1.66. The number of carbonyl (C=O) groups excluding carboxylic acids is 1. The molecule has 0 aliphatic carbocycles. The van der Waals surface area contributed by atoms with Crippen LogP contribution in [-0.4, -0.2) is 33.2 Å². The molecule has 4 rings (SSSR count). The zero-order chi connectivity index (χ0) is 16.4. The smallest absolute Gasteiger partial charge is 0.137 e. The molecule has 3 heterocycles. The van der Waals surface area contributed by atoms with Crippen LogP contribution in [0.3, 0.4) is 0 Å². The van der Waals surface area contributed by atoms with Crippen LogP contribution in [0.2, 0.25) is 0 Å². The number of nitrogens with zero attached hydrogens (tertiary/aromatic N) is 3. The van der Waals surface area contributed by atoms with E-state index in [1.807, 2.05) is 30.6 Å². The average molecular weight is 319 g/mol. The summed E-state index contributed by atoms with van der Waals surface area (Å²) >= 11 is 0. The molecule has 0 amide bonds. The van der Waals surface area contributed by atoms with Crippen LogP contribution in [0, 0.1) is 0 Å². The van der Waals surface area contributed by atoms with Crippen molar-refractivity contribution < 1.29 is 4.79 Å². The number of aromatic nitrogens is 2. The minimum atomic E-state index is -0.000718. The molecule has 0 spiro atoms. The van der Waals surface area contributed by atoms with Gasteiger partial charge in [-0.2, -0.15) is 0 Å². The SMILES string of the molecule is O=CC1CCC(c2ccccc2)CN1Cc1cnc2ccccn12. The Hall–Kier alpha value is -2.46. The quantitative estimate of drug-likeness (QED) is 0.693. The fraction of sp³-hybridized carbons (Fsp3) is 0.300. The van der Waals surface area contributed by atoms with E-state index in [-0.39, 0.29) is 6.04 Å². The maximum Gasteiger partial charge on any atom is 0.137 e. The van der Waals surface area contributed by atoms with Crippen LogP contribution in [0.4, 0.5) is 0 Å². The van der Waals surface area contributed by atoms with E-state index in [0.717, 1.165) is 43.6 Å². The van der Waals surface area contributed by atoms with Gasteiger partial charge in [0.05, 0.1) is 17.9 Å². The minimum absolute atomic E-state index is 0.000718. The molecule has 122 valence electrons. The van der Waals surface area contributed by atoms with Gasteiger partial charge in [-0.1, -0.05) is 36.4 Å². The minimum Gasteiger partial charge on any atom is -0.303 e. The highest BCUT2D eigenvalue weighted by atomic mass is 16.1. The second-order valence-corrected chi connectivity index (χ2v) is 6.50. The molecule has 3 aromatic rings. The van der Waals surface area contributed by atoms with Gasteiger partial charge >= 0.3 is 0 Å². The van der Waals surface area contributed by atoms with Gasteiger partial charge in [-0.05, 0) is 36.5 Å². The van der Waals surface area contributed by atoms with E-state index in [1.54, 1.807) is 0 Å². The number of likely N-dealkylation sites (tertiary alicyclic amines) is 1. The lowest BCUT2D eigenvalue weighted by atomic mass is 9.87. The van der Waals surface area contributed by atoms with Crippen LogP contribution in [0.1, 0.15) is 30.0 Å². The number of piperidine rings is 1. The Morgan fingerprint density at radius 3 is 2.75 bits per heavy atom. The molecule has 2 atom stereocenters. The van der Waals surface area contributed by atoms with Crippen LogP contribution >= 0.6 is 0 Å². The Morgan fingerprint density at radius 1 is 1.08 bits per heavy atom. The van der Waals surface area contributed by atoms with E-state index in [4.69, 9.17) is 0 Å². The van der Waals surface area contributed by atoms with Gasteiger partial charge in [0.15, 0.2) is 0 Å². The Balaban J connectivity index is 1.58. The van der Waals surface area contributed by atoms with Gasteiger partial charge in [0.25, 0.3) is 0 Å². The molecule has 1 aliphatic heterocycles. The second kappa shape index (κ2) is 6.57. The first kappa shape index (κ1) is 15.1. The number of rotatable bonds is 4. The number of imidazole rings is 1. The van der Waals surface area contributed by atoms with Crippen molar-refractivity contribution in [3.8, 4) is 0 Å². The normalized spacial score (nSPS) is 21.8. The topological polar surface area (TPSA) is 37.6 Å². The Kier molecular flexibility index (Phi) is 4.13. The summed E-state index contributed by atoms with van der Waals surface area (Å²) in [5.41, 5.74) is 3.45. The average Bonchev–Trinajstić information content (AvgIpc) is 3.05. The van der Waals surface area contributed by atoms with Crippen molar-refractivity contribution in [3.63, 3.8) is 0 Å². The van der Waals surface area contributed by atoms with Gasteiger partial charge in [-0.25, -0.2) is 4.98 Å². The molecule has 0 saturated carbocycles. The highest BCUT2D eigenvalue weighted by Crippen LogP contribution is 2.30. The summed E-state index contributed by atoms with van der Waals surface area (Å²) < 4.78 is 2.11. The van der Waals surface area contributed by atoms with Crippen LogP contribution in [0.25, 0.3) is 5.65 Å². The number of fused-ring (bicyclic) bond motifs is 1. The molecule has 2 aromatic heterocycles. The molecule has 2 unspecified atom stereocenters. The van der Waals surface area contributed by atoms with Gasteiger partial charge in [0.1, 0.15) is 11.9 Å². The number of carbonyl (C=O) groups is 1. The molecule has 0 radical (unpaired) electrons. The third kappa shape index (κ3) is 2.85. The molecule has 4 heteroatoms. The summed E-state index contributed by atoms with van der Waals surface area (Å²) in [5, 5.41) is 0. The lowest BCUT2D eigenvalue weighted by Gasteiger charge is -2.37. The molecule has 0 N–H and O–H groups in total. The Labute approximate surface area is 141 Å². The van der Waals surface area contributed by atoms with Crippen LogP contribution in [0.5, 0.6) is 0 Å². The van der Waals surface area contributed by atoms with Crippen molar-refractivity contribution in [1.82, 2.24) is 14.3 Å². The number of aldehydes is 1. The van der Waals surface area contributed by atoms with Gasteiger partial charge in [-0.15, -0.1) is 0 Å². The van der Waals surface area contributed by atoms with Crippen molar-refractivity contribution in [3.05, 3.63) is 72.2 Å². The predicted octanol–water partition coefficient (Wildman–Crippen LogP) is 3.28. The maximum absolute atomic E-state index is 11.5. The van der Waals surface area contributed by atoms with E-state index in [0.29, 0.717) is 5.92 Å². The number of hydrogen-bond acceptors (Lipinski definition) is 3. The third-order valence-corrected chi connectivity index (χ3v) is 5.02. The zero-order valence-corrected chi connectivity index (χ0v) is 13.6. The summed E-state index contributed by atoms with van der Waals surface area (Å²) in [7, 11) is 0. The highest BCUT2D eigenvalue weighted by Gasteiger charge is 2.29. The van der Waals surface area contributed by atoms with Crippen LogP contribution in [-0.2, 0) is 11.3 Å². The lowest BCUT2D eigenvalue weighted by Crippen LogP contribution is -2.43. The Morgan fingerprint density at radius 2 is 1.92 bits per heavy atom. The molecular formula is C20H21N3O. The standard InChI is InChI=1S/C20H21N3O/c24-15-18-10-9-17(16-6-2-1-3-7-16)13-22(18)14-19-12-21-20-8-4-5-11-23(19)20/h1-8,11-12,15,17-18H,9-10,13-14H2. The van der Waals surface area contributed by atoms with Crippen molar-refractivity contribution >= 4 is 11.9 Å². The number of hydrogen-bond donors (Lipinski definition) is 0. The number of benzene rings is 1. The molecular weight excluding hydrogens is 298 g/mol. The third-order valence-electron chi connectivity index (χ3n) is 5.02. The molecule has 4 nitrogen and oxygen atoms in total. The molecule has 0 bridgehead atoms. The first-order valence-corrected chi connectivity index (χ1v) is 8.50. The largest absolute Gasteiger partial charge is 0.303 e. The summed E-state index contributed by atoms with van der Waals surface area (Å²) in [6.07, 6.45) is 7.04. The summed E-state index contributed by atoms with van der Waals surface area (Å²) in [4.78, 5) is 18.3. The molecule has 1 aliphatic rings.